The van der Waals surface area contributed by atoms with Crippen molar-refractivity contribution in [1.82, 2.24) is 24.7 Å². The van der Waals surface area contributed by atoms with Gasteiger partial charge in [0, 0.05) is 24.5 Å². The largest absolute Gasteiger partial charge is 0.381 e. The molecule has 0 aliphatic carbocycles. The summed E-state index contributed by atoms with van der Waals surface area (Å²) in [6.45, 7) is 5.47. The van der Waals surface area contributed by atoms with Gasteiger partial charge < -0.3 is 9.72 Å². The van der Waals surface area contributed by atoms with Crippen LogP contribution in [0.3, 0.4) is 0 Å². The molecule has 0 unspecified atom stereocenters. The summed E-state index contributed by atoms with van der Waals surface area (Å²) in [4.78, 5) is 25.6. The minimum atomic E-state index is -0.141. The van der Waals surface area contributed by atoms with Crippen molar-refractivity contribution in [2.45, 2.75) is 39.2 Å². The van der Waals surface area contributed by atoms with Crippen LogP contribution in [0.4, 0.5) is 0 Å². The lowest BCUT2D eigenvalue weighted by Gasteiger charge is -2.22. The van der Waals surface area contributed by atoms with Crippen LogP contribution in [-0.2, 0) is 11.2 Å². The van der Waals surface area contributed by atoms with Crippen LogP contribution in [0.1, 0.15) is 40.3 Å². The summed E-state index contributed by atoms with van der Waals surface area (Å²) in [5.41, 5.74) is 1.49. The number of fused-ring (bicyclic) bond motifs is 1. The zero-order valence-corrected chi connectivity index (χ0v) is 14.5. The second-order valence-electron chi connectivity index (χ2n) is 6.10. The highest BCUT2D eigenvalue weighted by atomic mass is 32.1. The molecule has 0 spiro atoms. The predicted molar refractivity (Wildman–Crippen MR) is 91.6 cm³/mol. The minimum absolute atomic E-state index is 0.141. The smallest absolute Gasteiger partial charge is 0.262 e. The molecule has 0 bridgehead atoms. The molecule has 0 radical (unpaired) electrons. The first-order valence-electron chi connectivity index (χ1n) is 8.09. The maximum Gasteiger partial charge on any atom is 0.262 e. The van der Waals surface area contributed by atoms with Gasteiger partial charge in [0.2, 0.25) is 0 Å². The lowest BCUT2D eigenvalue weighted by atomic mass is 10.1. The fraction of sp³-hybridized carbons (Fsp3) is 0.500. The molecule has 1 fully saturated rings. The van der Waals surface area contributed by atoms with Crippen LogP contribution >= 0.6 is 11.3 Å². The van der Waals surface area contributed by atoms with E-state index in [1.54, 1.807) is 17.5 Å². The van der Waals surface area contributed by atoms with Crippen molar-refractivity contribution in [3.63, 3.8) is 0 Å². The summed E-state index contributed by atoms with van der Waals surface area (Å²) < 4.78 is 7.30. The third-order valence-electron chi connectivity index (χ3n) is 4.38. The van der Waals surface area contributed by atoms with Gasteiger partial charge in [-0.3, -0.25) is 4.79 Å². The van der Waals surface area contributed by atoms with Gasteiger partial charge >= 0.3 is 0 Å². The number of aryl methyl sites for hydroxylation is 2. The number of aromatic nitrogens is 5. The fourth-order valence-electron chi connectivity index (χ4n) is 3.16. The molecule has 7 nitrogen and oxygen atoms in total. The summed E-state index contributed by atoms with van der Waals surface area (Å²) in [6, 6.07) is 0.238. The van der Waals surface area contributed by atoms with Gasteiger partial charge in [-0.1, -0.05) is 0 Å². The SMILES string of the molecule is Cc1nc(Cc2nc3c(cnn3C3CCOCC3)c(=O)[nH]2)c(C)s1. The first kappa shape index (κ1) is 15.5. The highest BCUT2D eigenvalue weighted by molar-refractivity contribution is 7.11. The topological polar surface area (TPSA) is 85.7 Å². The van der Waals surface area contributed by atoms with E-state index in [4.69, 9.17) is 4.74 Å². The second-order valence-corrected chi connectivity index (χ2v) is 7.50. The monoisotopic (exact) mass is 345 g/mol. The van der Waals surface area contributed by atoms with Crippen LogP contribution in [0.5, 0.6) is 0 Å². The van der Waals surface area contributed by atoms with Crippen molar-refractivity contribution in [2.75, 3.05) is 13.2 Å². The molecule has 4 heterocycles. The maximum atomic E-state index is 12.4. The van der Waals surface area contributed by atoms with Crippen LogP contribution < -0.4 is 5.56 Å². The summed E-state index contributed by atoms with van der Waals surface area (Å²) in [7, 11) is 0. The fourth-order valence-corrected chi connectivity index (χ4v) is 3.99. The molecule has 24 heavy (non-hydrogen) atoms. The predicted octanol–water partition coefficient (Wildman–Crippen LogP) is 2.14. The molecule has 1 aliphatic rings. The van der Waals surface area contributed by atoms with Crippen LogP contribution in [0.25, 0.3) is 11.0 Å². The van der Waals surface area contributed by atoms with E-state index in [1.165, 1.54) is 0 Å². The molecule has 4 rings (SSSR count). The normalized spacial score (nSPS) is 16.1. The van der Waals surface area contributed by atoms with Crippen LogP contribution in [-0.4, -0.2) is 37.9 Å². The molecule has 126 valence electrons. The van der Waals surface area contributed by atoms with Gasteiger partial charge in [0.05, 0.1) is 22.9 Å². The number of nitrogens with one attached hydrogen (secondary N) is 1. The molecule has 3 aromatic heterocycles. The molecule has 0 saturated carbocycles. The Morgan fingerprint density at radius 2 is 2.12 bits per heavy atom. The van der Waals surface area contributed by atoms with Crippen molar-refractivity contribution in [3.05, 3.63) is 38.0 Å². The van der Waals surface area contributed by atoms with Gasteiger partial charge in [-0.05, 0) is 26.7 Å². The Bertz CT molecular complexity index is 936. The summed E-state index contributed by atoms with van der Waals surface area (Å²) in [5, 5.41) is 5.98. The third kappa shape index (κ3) is 2.76. The zero-order valence-electron chi connectivity index (χ0n) is 13.7. The summed E-state index contributed by atoms with van der Waals surface area (Å²) in [6.07, 6.45) is 3.93. The standard InChI is InChI=1S/C16H19N5O2S/c1-9-13(18-10(2)24-9)7-14-19-15-12(16(22)20-14)8-17-21(15)11-3-5-23-6-4-11/h8,11H,3-7H2,1-2H3,(H,19,20,22). The quantitative estimate of drug-likeness (QED) is 0.786. The van der Waals surface area contributed by atoms with E-state index in [9.17, 15) is 4.79 Å². The Morgan fingerprint density at radius 3 is 2.83 bits per heavy atom. The molecule has 1 saturated heterocycles. The second kappa shape index (κ2) is 6.10. The number of thiazole rings is 1. The number of nitrogens with zero attached hydrogens (tertiary/aromatic N) is 4. The van der Waals surface area contributed by atoms with Crippen LogP contribution in [0, 0.1) is 13.8 Å². The van der Waals surface area contributed by atoms with Crippen molar-refractivity contribution >= 4 is 22.4 Å². The Hall–Kier alpha value is -2.06. The van der Waals surface area contributed by atoms with E-state index in [0.717, 1.165) is 41.6 Å². The van der Waals surface area contributed by atoms with E-state index >= 15 is 0 Å². The Labute approximate surface area is 142 Å². The Balaban J connectivity index is 1.74. The average molecular weight is 345 g/mol. The molecule has 3 aromatic rings. The lowest BCUT2D eigenvalue weighted by Crippen LogP contribution is -2.21. The number of hydrogen-bond acceptors (Lipinski definition) is 6. The van der Waals surface area contributed by atoms with E-state index < -0.39 is 0 Å². The molecule has 0 atom stereocenters. The minimum Gasteiger partial charge on any atom is -0.381 e. The van der Waals surface area contributed by atoms with Gasteiger partial charge in [0.1, 0.15) is 11.2 Å². The van der Waals surface area contributed by atoms with E-state index in [2.05, 4.69) is 20.1 Å². The molecule has 1 aliphatic heterocycles. The highest BCUT2D eigenvalue weighted by Gasteiger charge is 2.21. The van der Waals surface area contributed by atoms with Gasteiger partial charge in [0.25, 0.3) is 5.56 Å². The van der Waals surface area contributed by atoms with Gasteiger partial charge in [-0.15, -0.1) is 11.3 Å². The number of ether oxygens (including phenoxy) is 1. The van der Waals surface area contributed by atoms with Crippen LogP contribution in [0.15, 0.2) is 11.0 Å². The summed E-state index contributed by atoms with van der Waals surface area (Å²) >= 11 is 1.66. The van der Waals surface area contributed by atoms with E-state index in [-0.39, 0.29) is 11.6 Å². The molecular weight excluding hydrogens is 326 g/mol. The van der Waals surface area contributed by atoms with Crippen molar-refractivity contribution in [3.8, 4) is 0 Å². The highest BCUT2D eigenvalue weighted by Crippen LogP contribution is 2.23. The number of rotatable bonds is 3. The zero-order chi connectivity index (χ0) is 16.7. The average Bonchev–Trinajstić information content (AvgIpc) is 3.12. The Morgan fingerprint density at radius 1 is 1.33 bits per heavy atom. The first-order valence-corrected chi connectivity index (χ1v) is 8.90. The van der Waals surface area contributed by atoms with Gasteiger partial charge in [0.15, 0.2) is 5.65 Å². The first-order chi connectivity index (χ1) is 11.6. The number of aromatic amines is 1. The van der Waals surface area contributed by atoms with Gasteiger partial charge in [-0.2, -0.15) is 5.10 Å². The number of hydrogen-bond donors (Lipinski definition) is 1. The number of H-pyrrole nitrogens is 1. The van der Waals surface area contributed by atoms with E-state index in [1.807, 2.05) is 18.5 Å². The summed E-state index contributed by atoms with van der Waals surface area (Å²) in [5.74, 6) is 0.634. The Kier molecular flexibility index (Phi) is 3.93. The van der Waals surface area contributed by atoms with Crippen LogP contribution in [0.2, 0.25) is 0 Å². The third-order valence-corrected chi connectivity index (χ3v) is 5.31. The molecule has 0 aromatic carbocycles. The molecule has 8 heteroatoms. The van der Waals surface area contributed by atoms with E-state index in [0.29, 0.717) is 23.3 Å². The molecule has 1 N–H and O–H groups in total. The lowest BCUT2D eigenvalue weighted by molar-refractivity contribution is 0.0673. The van der Waals surface area contributed by atoms with Crippen molar-refractivity contribution < 1.29 is 4.74 Å². The molecule has 0 amide bonds. The van der Waals surface area contributed by atoms with Crippen molar-refractivity contribution in [1.29, 1.82) is 0 Å². The molecular formula is C16H19N5O2S. The van der Waals surface area contributed by atoms with Crippen molar-refractivity contribution in [2.24, 2.45) is 0 Å². The van der Waals surface area contributed by atoms with Gasteiger partial charge in [-0.25, -0.2) is 14.6 Å². The maximum absolute atomic E-state index is 12.4.